The second-order valence-corrected chi connectivity index (χ2v) is 7.16. The Morgan fingerprint density at radius 2 is 1.89 bits per heavy atom. The van der Waals surface area contributed by atoms with Crippen LogP contribution in [0.3, 0.4) is 0 Å². The van der Waals surface area contributed by atoms with Gasteiger partial charge in [0.25, 0.3) is 0 Å². The minimum absolute atomic E-state index is 0.0362. The Balaban J connectivity index is 1.44. The van der Waals surface area contributed by atoms with Crippen LogP contribution in [0.4, 0.5) is 5.13 Å². The van der Waals surface area contributed by atoms with E-state index in [1.54, 1.807) is 0 Å². The molecule has 1 N–H and O–H groups in total. The van der Waals surface area contributed by atoms with Gasteiger partial charge < -0.3 is 10.1 Å². The van der Waals surface area contributed by atoms with Crippen LogP contribution in [0.15, 0.2) is 60.0 Å². The highest BCUT2D eigenvalue weighted by atomic mass is 32.1. The number of nitrogens with one attached hydrogen (secondary N) is 1. The van der Waals surface area contributed by atoms with Crippen LogP contribution in [0.25, 0.3) is 11.3 Å². The molecular weight excluding hydrogens is 356 g/mol. The summed E-state index contributed by atoms with van der Waals surface area (Å²) in [6.07, 6.45) is 3.31. The van der Waals surface area contributed by atoms with Gasteiger partial charge in [0.2, 0.25) is 5.91 Å². The summed E-state index contributed by atoms with van der Waals surface area (Å²) >= 11 is 1.45. The number of ether oxygens (including phenoxy) is 1. The van der Waals surface area contributed by atoms with Gasteiger partial charge in [0.15, 0.2) is 5.13 Å². The van der Waals surface area contributed by atoms with Crippen molar-refractivity contribution < 1.29 is 9.53 Å². The molecule has 0 atom stereocenters. The lowest BCUT2D eigenvalue weighted by Gasteiger charge is -2.05. The van der Waals surface area contributed by atoms with Crippen LogP contribution in [-0.4, -0.2) is 17.5 Å². The molecule has 0 aliphatic heterocycles. The van der Waals surface area contributed by atoms with Crippen molar-refractivity contribution in [3.8, 4) is 17.0 Å². The third kappa shape index (κ3) is 5.93. The molecular formula is C22H24N2O2S. The molecule has 4 nitrogen and oxygen atoms in total. The minimum Gasteiger partial charge on any atom is -0.494 e. The molecule has 0 aliphatic rings. The number of benzene rings is 2. The third-order valence-electron chi connectivity index (χ3n) is 4.10. The largest absolute Gasteiger partial charge is 0.494 e. The van der Waals surface area contributed by atoms with E-state index in [0.29, 0.717) is 24.6 Å². The molecule has 0 saturated heterocycles. The standard InChI is InChI=1S/C22H24N2O2S/c1-2-7-17-11-13-18(14-12-17)20-16-27-22(23-20)24-21(25)10-6-15-26-19-8-4-3-5-9-19/h3-5,8-9,11-14,16H,2,6-7,10,15H2,1H3,(H,23,24,25). The Kier molecular flexibility index (Phi) is 6.99. The summed E-state index contributed by atoms with van der Waals surface area (Å²) < 4.78 is 5.60. The van der Waals surface area contributed by atoms with E-state index in [0.717, 1.165) is 29.8 Å². The summed E-state index contributed by atoms with van der Waals surface area (Å²) in [6.45, 7) is 2.70. The maximum atomic E-state index is 12.1. The fourth-order valence-corrected chi connectivity index (χ4v) is 3.45. The topological polar surface area (TPSA) is 51.2 Å². The molecule has 1 amide bonds. The van der Waals surface area contributed by atoms with Crippen molar-refractivity contribution in [3.05, 3.63) is 65.5 Å². The van der Waals surface area contributed by atoms with Gasteiger partial charge in [0, 0.05) is 17.4 Å². The van der Waals surface area contributed by atoms with Gasteiger partial charge in [-0.15, -0.1) is 11.3 Å². The highest BCUT2D eigenvalue weighted by molar-refractivity contribution is 7.14. The van der Waals surface area contributed by atoms with E-state index in [4.69, 9.17) is 4.74 Å². The first kappa shape index (κ1) is 19.1. The minimum atomic E-state index is -0.0362. The number of aryl methyl sites for hydroxylation is 1. The predicted molar refractivity (Wildman–Crippen MR) is 111 cm³/mol. The molecule has 0 spiro atoms. The lowest BCUT2D eigenvalue weighted by molar-refractivity contribution is -0.116. The van der Waals surface area contributed by atoms with Gasteiger partial charge in [0.1, 0.15) is 5.75 Å². The van der Waals surface area contributed by atoms with Gasteiger partial charge in [-0.2, -0.15) is 0 Å². The van der Waals surface area contributed by atoms with Crippen molar-refractivity contribution in [2.24, 2.45) is 0 Å². The van der Waals surface area contributed by atoms with Crippen molar-refractivity contribution in [1.82, 2.24) is 4.98 Å². The van der Waals surface area contributed by atoms with E-state index in [2.05, 4.69) is 41.5 Å². The van der Waals surface area contributed by atoms with Crippen LogP contribution >= 0.6 is 11.3 Å². The first-order chi connectivity index (χ1) is 13.2. The van der Waals surface area contributed by atoms with Crippen molar-refractivity contribution in [3.63, 3.8) is 0 Å². The molecule has 27 heavy (non-hydrogen) atoms. The zero-order valence-electron chi connectivity index (χ0n) is 15.5. The van der Waals surface area contributed by atoms with Crippen LogP contribution in [0, 0.1) is 0 Å². The van der Waals surface area contributed by atoms with E-state index >= 15 is 0 Å². The van der Waals surface area contributed by atoms with E-state index in [-0.39, 0.29) is 5.91 Å². The van der Waals surface area contributed by atoms with Gasteiger partial charge in [0.05, 0.1) is 12.3 Å². The van der Waals surface area contributed by atoms with Crippen LogP contribution in [-0.2, 0) is 11.2 Å². The van der Waals surface area contributed by atoms with Crippen LogP contribution in [0.5, 0.6) is 5.75 Å². The van der Waals surface area contributed by atoms with Crippen molar-refractivity contribution in [2.45, 2.75) is 32.6 Å². The van der Waals surface area contributed by atoms with Gasteiger partial charge in [-0.05, 0) is 30.5 Å². The molecule has 0 unspecified atom stereocenters. The van der Waals surface area contributed by atoms with E-state index in [1.165, 1.54) is 16.9 Å². The molecule has 1 heterocycles. The summed E-state index contributed by atoms with van der Waals surface area (Å²) in [5, 5.41) is 5.49. The Labute approximate surface area is 164 Å². The number of amides is 1. The van der Waals surface area contributed by atoms with Gasteiger partial charge >= 0.3 is 0 Å². The van der Waals surface area contributed by atoms with Crippen LogP contribution < -0.4 is 10.1 Å². The number of carbonyl (C=O) groups is 1. The smallest absolute Gasteiger partial charge is 0.226 e. The monoisotopic (exact) mass is 380 g/mol. The molecule has 0 radical (unpaired) electrons. The number of carbonyl (C=O) groups excluding carboxylic acids is 1. The second kappa shape index (κ2) is 9.88. The molecule has 1 aromatic heterocycles. The molecule has 2 aromatic carbocycles. The fourth-order valence-electron chi connectivity index (χ4n) is 2.72. The number of hydrogen-bond acceptors (Lipinski definition) is 4. The molecule has 3 rings (SSSR count). The number of aromatic nitrogens is 1. The second-order valence-electron chi connectivity index (χ2n) is 6.30. The number of anilines is 1. The van der Waals surface area contributed by atoms with E-state index in [9.17, 15) is 4.79 Å². The normalized spacial score (nSPS) is 10.6. The Morgan fingerprint density at radius 1 is 1.11 bits per heavy atom. The quantitative estimate of drug-likeness (QED) is 0.494. The lowest BCUT2D eigenvalue weighted by Crippen LogP contribution is -2.12. The molecule has 0 saturated carbocycles. The lowest BCUT2D eigenvalue weighted by atomic mass is 10.1. The molecule has 3 aromatic rings. The van der Waals surface area contributed by atoms with Gasteiger partial charge in [-0.1, -0.05) is 55.8 Å². The average molecular weight is 381 g/mol. The first-order valence-corrected chi connectivity index (χ1v) is 10.1. The highest BCUT2D eigenvalue weighted by Gasteiger charge is 2.08. The number of para-hydroxylation sites is 1. The summed E-state index contributed by atoms with van der Waals surface area (Å²) in [4.78, 5) is 16.6. The summed E-state index contributed by atoms with van der Waals surface area (Å²) in [5.74, 6) is 0.790. The predicted octanol–water partition coefficient (Wildman–Crippen LogP) is 5.56. The Hall–Kier alpha value is -2.66. The Morgan fingerprint density at radius 3 is 2.63 bits per heavy atom. The van der Waals surface area contributed by atoms with Crippen LogP contribution in [0.2, 0.25) is 0 Å². The summed E-state index contributed by atoms with van der Waals surface area (Å²) in [6, 6.07) is 18.1. The van der Waals surface area contributed by atoms with E-state index in [1.807, 2.05) is 35.7 Å². The number of thiazole rings is 1. The Bertz CT molecular complexity index is 844. The first-order valence-electron chi connectivity index (χ1n) is 9.27. The summed E-state index contributed by atoms with van der Waals surface area (Å²) in [7, 11) is 0. The van der Waals surface area contributed by atoms with Crippen molar-refractivity contribution >= 4 is 22.4 Å². The molecule has 0 fully saturated rings. The molecule has 0 aliphatic carbocycles. The third-order valence-corrected chi connectivity index (χ3v) is 4.86. The van der Waals surface area contributed by atoms with Gasteiger partial charge in [-0.3, -0.25) is 4.79 Å². The molecule has 140 valence electrons. The van der Waals surface area contributed by atoms with E-state index < -0.39 is 0 Å². The molecule has 5 heteroatoms. The maximum absolute atomic E-state index is 12.1. The SMILES string of the molecule is CCCc1ccc(-c2csc(NC(=O)CCCOc3ccccc3)n2)cc1. The van der Waals surface area contributed by atoms with Crippen LogP contribution in [0.1, 0.15) is 31.7 Å². The molecule has 0 bridgehead atoms. The number of nitrogens with zero attached hydrogens (tertiary/aromatic N) is 1. The highest BCUT2D eigenvalue weighted by Crippen LogP contribution is 2.25. The van der Waals surface area contributed by atoms with Gasteiger partial charge in [-0.25, -0.2) is 4.98 Å². The number of hydrogen-bond donors (Lipinski definition) is 1. The maximum Gasteiger partial charge on any atom is 0.226 e. The van der Waals surface area contributed by atoms with Crippen molar-refractivity contribution in [1.29, 1.82) is 0 Å². The summed E-state index contributed by atoms with van der Waals surface area (Å²) in [5.41, 5.74) is 3.30. The van der Waals surface area contributed by atoms with Crippen molar-refractivity contribution in [2.75, 3.05) is 11.9 Å². The fraction of sp³-hybridized carbons (Fsp3) is 0.273. The average Bonchev–Trinajstić information content (AvgIpc) is 3.15. The zero-order chi connectivity index (χ0) is 18.9. The number of rotatable bonds is 9. The zero-order valence-corrected chi connectivity index (χ0v) is 16.3.